The summed E-state index contributed by atoms with van der Waals surface area (Å²) in [6.45, 7) is 14.2. The van der Waals surface area contributed by atoms with Gasteiger partial charge in [0.25, 0.3) is 11.7 Å². The summed E-state index contributed by atoms with van der Waals surface area (Å²) in [7, 11) is -0.851. The van der Waals surface area contributed by atoms with Gasteiger partial charge in [0.1, 0.15) is 30.1 Å². The third-order valence-electron chi connectivity index (χ3n) is 15.3. The van der Waals surface area contributed by atoms with Gasteiger partial charge in [0.15, 0.2) is 5.78 Å². The van der Waals surface area contributed by atoms with Crippen molar-refractivity contribution in [2.45, 2.75) is 200 Å². The van der Waals surface area contributed by atoms with Crippen LogP contribution in [0, 0.1) is 35.5 Å². The van der Waals surface area contributed by atoms with Gasteiger partial charge in [0.2, 0.25) is 15.8 Å². The van der Waals surface area contributed by atoms with Crippen LogP contribution in [-0.4, -0.2) is 139 Å². The molecule has 1 aliphatic carbocycles. The van der Waals surface area contributed by atoms with Gasteiger partial charge in [-0.05, 0) is 114 Å². The minimum Gasteiger partial charge on any atom is -0.460 e. The standard InChI is InChI=1S/C54H86N2O14S/c1-11-12-26-71(65,66)55-42-31-41-23-21-39(8)54(64,70-41)51(61)52(62)56-25-17-16-20-43(56)53(63)69-46(36(5)29-40-22-24-44(57)47(30-40)67-9)32-45(58)35(4)28-38(7)49(60)50(68-10)48(59)37(6)27-33(2)18-14-13-15-19-34(42)3/h13-15,18-19,28,33,35-37,39-44,46-47,49-50,55,57,60,64H,11-12,16-17,20-27,29-32H2,1-10H3/b15-13+,18-14+,34-19+,38-28+/t33-,35-,36-,37-,39-,40+,41+,42+,43+,44-,46+,47-,49-,50+,54-/m1/s1. The number of hydrogen-bond acceptors (Lipinski definition) is 14. The Bertz CT molecular complexity index is 2050. The second kappa shape index (κ2) is 27.8. The Morgan fingerprint density at radius 3 is 2.30 bits per heavy atom. The van der Waals surface area contributed by atoms with Crippen molar-refractivity contribution in [2.75, 3.05) is 26.5 Å². The highest BCUT2D eigenvalue weighted by Crippen LogP contribution is 2.38. The number of amides is 1. The summed E-state index contributed by atoms with van der Waals surface area (Å²) in [5.74, 6) is -8.83. The van der Waals surface area contributed by atoms with Crippen LogP contribution in [0.1, 0.15) is 145 Å². The summed E-state index contributed by atoms with van der Waals surface area (Å²) < 4.78 is 53.1. The fourth-order valence-electron chi connectivity index (χ4n) is 10.6. The summed E-state index contributed by atoms with van der Waals surface area (Å²) in [4.78, 5) is 72.3. The molecule has 71 heavy (non-hydrogen) atoms. The van der Waals surface area contributed by atoms with Crippen molar-refractivity contribution in [3.05, 3.63) is 47.6 Å². The van der Waals surface area contributed by atoms with Gasteiger partial charge in [-0.15, -0.1) is 0 Å². The lowest BCUT2D eigenvalue weighted by Crippen LogP contribution is -2.61. The maximum atomic E-state index is 14.5. The topological polar surface area (TPSA) is 232 Å². The third-order valence-corrected chi connectivity index (χ3v) is 16.8. The Labute approximate surface area is 423 Å². The summed E-state index contributed by atoms with van der Waals surface area (Å²) >= 11 is 0. The van der Waals surface area contributed by atoms with E-state index in [1.807, 2.05) is 32.9 Å². The van der Waals surface area contributed by atoms with E-state index in [9.17, 15) is 47.7 Å². The van der Waals surface area contributed by atoms with Crippen molar-refractivity contribution >= 4 is 39.2 Å². The van der Waals surface area contributed by atoms with Crippen molar-refractivity contribution in [3.8, 4) is 0 Å². The molecule has 4 rings (SSSR count). The SMILES string of the molecule is CCCCS(=O)(=O)N[C@H]1C[C@@H]2CC[C@@H](C)[C@@](O)(O2)C(=O)C(=O)N2CCCC[C@H]2C(=O)O[C@H]([C@H](C)C[C@@H]2CC[C@@H](O)[C@H](OC)C2)CC(=O)[C@H](C)/C=C(\C)[C@@H](O)[C@@H](OC)C(=O)[C@H](C)C[C@H](C)/C=C/C=C/C=C/1C. The zero-order valence-electron chi connectivity index (χ0n) is 44.0. The van der Waals surface area contributed by atoms with Gasteiger partial charge in [-0.1, -0.05) is 90.0 Å². The molecule has 0 radical (unpaired) electrons. The molecule has 15 atom stereocenters. The Hall–Kier alpha value is -3.42. The van der Waals surface area contributed by atoms with Crippen LogP contribution in [0.25, 0.3) is 0 Å². The largest absolute Gasteiger partial charge is 0.460 e. The van der Waals surface area contributed by atoms with Crippen LogP contribution in [0.2, 0.25) is 0 Å². The Kier molecular flexibility index (Phi) is 23.5. The molecule has 17 heteroatoms. The highest BCUT2D eigenvalue weighted by atomic mass is 32.2. The van der Waals surface area contributed by atoms with Crippen molar-refractivity contribution in [1.29, 1.82) is 0 Å². The number of aliphatic hydroxyl groups excluding tert-OH is 2. The number of rotatable bonds is 10. The smallest absolute Gasteiger partial charge is 0.329 e. The molecule has 2 bridgehead atoms. The van der Waals surface area contributed by atoms with E-state index in [0.717, 1.165) is 4.90 Å². The first-order chi connectivity index (χ1) is 33.5. The summed E-state index contributed by atoms with van der Waals surface area (Å²) in [5.41, 5.74) is 1.00. The second-order valence-corrected chi connectivity index (χ2v) is 23.1. The van der Waals surface area contributed by atoms with Crippen LogP contribution in [0.5, 0.6) is 0 Å². The van der Waals surface area contributed by atoms with E-state index in [1.165, 1.54) is 7.11 Å². The number of allylic oxidation sites excluding steroid dienone is 6. The zero-order chi connectivity index (χ0) is 52.8. The van der Waals surface area contributed by atoms with E-state index in [0.29, 0.717) is 75.4 Å². The average molecular weight is 1020 g/mol. The van der Waals surface area contributed by atoms with E-state index < -0.39 is 93.8 Å². The van der Waals surface area contributed by atoms with E-state index in [1.54, 1.807) is 66.0 Å². The van der Waals surface area contributed by atoms with Gasteiger partial charge in [0, 0.05) is 51.0 Å². The second-order valence-electron chi connectivity index (χ2n) is 21.2. The number of carbonyl (C=O) groups excluding carboxylic acids is 5. The van der Waals surface area contributed by atoms with Gasteiger partial charge < -0.3 is 39.2 Å². The minimum atomic E-state index is -3.76. The predicted molar refractivity (Wildman–Crippen MR) is 270 cm³/mol. The molecule has 2 saturated heterocycles. The molecule has 3 heterocycles. The minimum absolute atomic E-state index is 0.0284. The number of fused-ring (bicyclic) bond motifs is 3. The molecule has 4 aliphatic rings. The maximum Gasteiger partial charge on any atom is 0.329 e. The number of ketones is 3. The normalized spacial score (nSPS) is 38.2. The monoisotopic (exact) mass is 1020 g/mol. The van der Waals surface area contributed by atoms with Crippen molar-refractivity contribution in [1.82, 2.24) is 9.62 Å². The first-order valence-corrected chi connectivity index (χ1v) is 27.8. The Morgan fingerprint density at radius 2 is 1.62 bits per heavy atom. The molecule has 3 fully saturated rings. The maximum absolute atomic E-state index is 14.5. The number of nitrogens with one attached hydrogen (secondary N) is 1. The predicted octanol–water partition coefficient (Wildman–Crippen LogP) is 6.25. The van der Waals surface area contributed by atoms with Crippen molar-refractivity contribution < 1.29 is 66.7 Å². The number of esters is 1. The number of Topliss-reactive ketones (excluding diaryl/α,β-unsaturated/α-hetero) is 3. The van der Waals surface area contributed by atoms with Gasteiger partial charge in [0.05, 0.1) is 24.1 Å². The quantitative estimate of drug-likeness (QED) is 0.108. The van der Waals surface area contributed by atoms with Crippen molar-refractivity contribution in [3.63, 3.8) is 0 Å². The summed E-state index contributed by atoms with van der Waals surface area (Å²) in [5, 5.41) is 34.1. The third kappa shape index (κ3) is 16.8. The number of unbranched alkanes of at least 4 members (excludes halogenated alkanes) is 1. The molecule has 402 valence electrons. The first kappa shape index (κ1) is 60.1. The molecule has 0 spiro atoms. The van der Waals surface area contributed by atoms with Gasteiger partial charge in [-0.2, -0.15) is 0 Å². The zero-order valence-corrected chi connectivity index (χ0v) is 44.9. The highest BCUT2D eigenvalue weighted by Gasteiger charge is 2.53. The molecular formula is C54H86N2O14S. The van der Waals surface area contributed by atoms with Gasteiger partial charge in [-0.3, -0.25) is 19.2 Å². The lowest BCUT2D eigenvalue weighted by Gasteiger charge is -2.43. The number of ether oxygens (including phenoxy) is 4. The number of cyclic esters (lactones) is 1. The number of carbonyl (C=O) groups is 5. The molecule has 0 aromatic heterocycles. The fraction of sp³-hybridized carbons (Fsp3) is 0.759. The van der Waals surface area contributed by atoms with E-state index in [2.05, 4.69) is 4.72 Å². The molecular weight excluding hydrogens is 933 g/mol. The number of hydrogen-bond donors (Lipinski definition) is 4. The Morgan fingerprint density at radius 1 is 0.901 bits per heavy atom. The number of nitrogens with zero attached hydrogens (tertiary/aromatic N) is 1. The lowest BCUT2D eigenvalue weighted by atomic mass is 9.78. The average Bonchev–Trinajstić information content (AvgIpc) is 3.33. The molecule has 0 aromatic rings. The molecule has 0 aromatic carbocycles. The number of methoxy groups -OCH3 is 2. The van der Waals surface area contributed by atoms with Crippen LogP contribution < -0.4 is 4.72 Å². The van der Waals surface area contributed by atoms with E-state index in [-0.39, 0.29) is 73.4 Å². The molecule has 16 nitrogen and oxygen atoms in total. The van der Waals surface area contributed by atoms with Crippen molar-refractivity contribution in [2.24, 2.45) is 35.5 Å². The van der Waals surface area contributed by atoms with Crippen LogP contribution in [0.3, 0.4) is 0 Å². The molecule has 1 amide bonds. The van der Waals surface area contributed by atoms with E-state index in [4.69, 9.17) is 18.9 Å². The highest BCUT2D eigenvalue weighted by molar-refractivity contribution is 7.89. The Balaban J connectivity index is 1.75. The van der Waals surface area contributed by atoms with Crippen LogP contribution in [-0.2, 0) is 52.9 Å². The van der Waals surface area contributed by atoms with Gasteiger partial charge >= 0.3 is 5.97 Å². The van der Waals surface area contributed by atoms with Crippen LogP contribution >= 0.6 is 0 Å². The summed E-state index contributed by atoms with van der Waals surface area (Å²) in [6.07, 6.45) is 10.9. The lowest BCUT2D eigenvalue weighted by molar-refractivity contribution is -0.264. The van der Waals surface area contributed by atoms with E-state index >= 15 is 0 Å². The summed E-state index contributed by atoms with van der Waals surface area (Å²) in [6, 6.07) is -2.00. The molecule has 1 saturated carbocycles. The number of sulfonamides is 1. The van der Waals surface area contributed by atoms with Crippen LogP contribution in [0.4, 0.5) is 0 Å². The number of piperidine rings is 1. The fourth-order valence-corrected chi connectivity index (χ4v) is 12.1. The molecule has 0 unspecified atom stereocenters. The van der Waals surface area contributed by atoms with Gasteiger partial charge in [-0.25, -0.2) is 17.9 Å². The molecule has 3 aliphatic heterocycles. The molecule has 4 N–H and O–H groups in total. The first-order valence-electron chi connectivity index (χ1n) is 26.1. The van der Waals surface area contributed by atoms with Crippen LogP contribution in [0.15, 0.2) is 47.6 Å². The number of aliphatic hydroxyl groups is 3.